The van der Waals surface area contributed by atoms with Crippen molar-refractivity contribution in [2.45, 2.75) is 35.4 Å². The molecule has 1 fully saturated rings. The van der Waals surface area contributed by atoms with Gasteiger partial charge in [0.15, 0.2) is 9.84 Å². The Kier molecular flexibility index (Phi) is 7.53. The highest BCUT2D eigenvalue weighted by Crippen LogP contribution is 2.29. The van der Waals surface area contributed by atoms with Crippen LogP contribution >= 0.6 is 0 Å². The molecule has 3 rings (SSSR count). The van der Waals surface area contributed by atoms with Crippen molar-refractivity contribution in [1.82, 2.24) is 10.4 Å². The van der Waals surface area contributed by atoms with E-state index < -0.39 is 27.0 Å². The fourth-order valence-electron chi connectivity index (χ4n) is 3.90. The zero-order chi connectivity index (χ0) is 22.4. The maximum atomic E-state index is 13.1. The number of methoxy groups -OCH3 is 2. The Bertz CT molecular complexity index is 976. The molecule has 2 unspecified atom stereocenters. The van der Waals surface area contributed by atoms with Crippen LogP contribution in [-0.2, 0) is 21.1 Å². The lowest BCUT2D eigenvalue weighted by Gasteiger charge is -2.37. The number of hydrogen-bond donors (Lipinski definition) is 2. The SMILES string of the molecule is COc1ccc(CCN2CCC(S(=O)(=O)c3ccc(OC)cc3)CC2C(=O)NO)cc1. The first kappa shape index (κ1) is 23.1. The summed E-state index contributed by atoms with van der Waals surface area (Å²) in [5, 5.41) is 8.50. The van der Waals surface area contributed by atoms with E-state index in [-0.39, 0.29) is 11.3 Å². The van der Waals surface area contributed by atoms with Gasteiger partial charge < -0.3 is 9.47 Å². The normalized spacial score (nSPS) is 19.6. The molecule has 1 amide bonds. The molecule has 0 bridgehead atoms. The Balaban J connectivity index is 1.71. The van der Waals surface area contributed by atoms with Crippen LogP contribution < -0.4 is 15.0 Å². The van der Waals surface area contributed by atoms with Crippen molar-refractivity contribution < 1.29 is 27.9 Å². The number of nitrogens with one attached hydrogen (secondary N) is 1. The second-order valence-electron chi connectivity index (χ2n) is 7.49. The van der Waals surface area contributed by atoms with Crippen LogP contribution in [0.5, 0.6) is 11.5 Å². The van der Waals surface area contributed by atoms with Gasteiger partial charge >= 0.3 is 0 Å². The standard InChI is InChI=1S/C22H28N2O6S/c1-29-17-5-3-16(4-6-17)11-13-24-14-12-20(15-21(24)22(25)23-26)31(27,28)19-9-7-18(30-2)8-10-19/h3-10,20-21,26H,11-15H2,1-2H3,(H,23,25). The molecule has 0 aliphatic carbocycles. The number of sulfone groups is 1. The monoisotopic (exact) mass is 448 g/mol. The van der Waals surface area contributed by atoms with Crippen LogP contribution in [0.1, 0.15) is 18.4 Å². The topological polar surface area (TPSA) is 105 Å². The van der Waals surface area contributed by atoms with E-state index in [4.69, 9.17) is 9.47 Å². The summed E-state index contributed by atoms with van der Waals surface area (Å²) in [7, 11) is -0.492. The van der Waals surface area contributed by atoms with Crippen LogP contribution in [0.4, 0.5) is 0 Å². The summed E-state index contributed by atoms with van der Waals surface area (Å²) in [5.41, 5.74) is 2.78. The minimum absolute atomic E-state index is 0.114. The zero-order valence-corrected chi connectivity index (χ0v) is 18.5. The van der Waals surface area contributed by atoms with Crippen LogP contribution in [0.2, 0.25) is 0 Å². The third kappa shape index (κ3) is 5.36. The third-order valence-electron chi connectivity index (χ3n) is 5.75. The first-order chi connectivity index (χ1) is 14.9. The molecule has 2 N–H and O–H groups in total. The molecule has 1 aliphatic rings. The van der Waals surface area contributed by atoms with Crippen molar-refractivity contribution in [2.75, 3.05) is 27.3 Å². The van der Waals surface area contributed by atoms with Gasteiger partial charge in [-0.2, -0.15) is 0 Å². The number of carbonyl (C=O) groups excluding carboxylic acids is 1. The van der Waals surface area contributed by atoms with E-state index in [9.17, 15) is 18.4 Å². The van der Waals surface area contributed by atoms with Gasteiger partial charge in [-0.3, -0.25) is 14.9 Å². The molecule has 1 aliphatic heterocycles. The van der Waals surface area contributed by atoms with E-state index in [0.717, 1.165) is 11.3 Å². The second-order valence-corrected chi connectivity index (χ2v) is 9.72. The summed E-state index contributed by atoms with van der Waals surface area (Å²) in [6, 6.07) is 13.2. The number of carbonyl (C=O) groups is 1. The molecule has 0 saturated carbocycles. The number of nitrogens with zero attached hydrogens (tertiary/aromatic N) is 1. The summed E-state index contributed by atoms with van der Waals surface area (Å²) >= 11 is 0. The van der Waals surface area contributed by atoms with Crippen molar-refractivity contribution in [1.29, 1.82) is 0 Å². The molecule has 9 heteroatoms. The van der Waals surface area contributed by atoms with Crippen molar-refractivity contribution in [3.63, 3.8) is 0 Å². The van der Waals surface area contributed by atoms with E-state index >= 15 is 0 Å². The summed E-state index contributed by atoms with van der Waals surface area (Å²) in [6.07, 6.45) is 1.21. The van der Waals surface area contributed by atoms with Gasteiger partial charge in [-0.25, -0.2) is 13.9 Å². The number of likely N-dealkylation sites (tertiary alicyclic amines) is 1. The van der Waals surface area contributed by atoms with Crippen LogP contribution in [0.3, 0.4) is 0 Å². The highest BCUT2D eigenvalue weighted by molar-refractivity contribution is 7.92. The molecule has 0 radical (unpaired) electrons. The smallest absolute Gasteiger partial charge is 0.260 e. The first-order valence-electron chi connectivity index (χ1n) is 10.1. The summed E-state index contributed by atoms with van der Waals surface area (Å²) < 4.78 is 36.5. The molecule has 8 nitrogen and oxygen atoms in total. The lowest BCUT2D eigenvalue weighted by atomic mass is 10.00. The molecule has 2 aromatic rings. The number of rotatable bonds is 8. The Morgan fingerprint density at radius 2 is 1.65 bits per heavy atom. The quantitative estimate of drug-likeness (QED) is 0.470. The van der Waals surface area contributed by atoms with Gasteiger partial charge in [0.05, 0.1) is 30.4 Å². The summed E-state index contributed by atoms with van der Waals surface area (Å²) in [4.78, 5) is 14.5. The third-order valence-corrected chi connectivity index (χ3v) is 7.99. The maximum absolute atomic E-state index is 13.1. The lowest BCUT2D eigenvalue weighted by Crippen LogP contribution is -2.53. The van der Waals surface area contributed by atoms with E-state index in [1.165, 1.54) is 19.2 Å². The second kappa shape index (κ2) is 10.1. The van der Waals surface area contributed by atoms with Gasteiger partial charge in [0.1, 0.15) is 11.5 Å². The van der Waals surface area contributed by atoms with Crippen molar-refractivity contribution in [3.8, 4) is 11.5 Å². The van der Waals surface area contributed by atoms with Crippen LogP contribution in [0.25, 0.3) is 0 Å². The average molecular weight is 449 g/mol. The summed E-state index contributed by atoms with van der Waals surface area (Å²) in [6.45, 7) is 1.01. The molecule has 0 spiro atoms. The van der Waals surface area contributed by atoms with Gasteiger partial charge in [-0.05, 0) is 61.2 Å². The van der Waals surface area contributed by atoms with E-state index in [2.05, 4.69) is 0 Å². The average Bonchev–Trinajstić information content (AvgIpc) is 2.82. The van der Waals surface area contributed by atoms with Gasteiger partial charge in [-0.15, -0.1) is 0 Å². The first-order valence-corrected chi connectivity index (χ1v) is 11.6. The number of hydroxylamine groups is 1. The Morgan fingerprint density at radius 3 is 2.19 bits per heavy atom. The molecule has 2 aromatic carbocycles. The van der Waals surface area contributed by atoms with Gasteiger partial charge in [0, 0.05) is 13.1 Å². The lowest BCUT2D eigenvalue weighted by molar-refractivity contribution is -0.136. The minimum atomic E-state index is -3.62. The van der Waals surface area contributed by atoms with E-state index in [1.54, 1.807) is 24.7 Å². The number of amides is 1. The molecule has 2 atom stereocenters. The number of ether oxygens (including phenoxy) is 2. The van der Waals surface area contributed by atoms with Crippen molar-refractivity contribution >= 4 is 15.7 Å². The van der Waals surface area contributed by atoms with E-state index in [1.807, 2.05) is 29.2 Å². The number of benzene rings is 2. The van der Waals surface area contributed by atoms with E-state index in [0.29, 0.717) is 31.7 Å². The molecular weight excluding hydrogens is 420 g/mol. The van der Waals surface area contributed by atoms with Crippen LogP contribution in [-0.4, -0.2) is 63.0 Å². The molecule has 1 heterocycles. The minimum Gasteiger partial charge on any atom is -0.497 e. The van der Waals surface area contributed by atoms with Crippen LogP contribution in [0, 0.1) is 0 Å². The molecule has 0 aromatic heterocycles. The van der Waals surface area contributed by atoms with Gasteiger partial charge in [0.2, 0.25) is 0 Å². The predicted molar refractivity (Wildman–Crippen MR) is 115 cm³/mol. The molecule has 168 valence electrons. The number of hydrogen-bond acceptors (Lipinski definition) is 7. The summed E-state index contributed by atoms with van der Waals surface area (Å²) in [5.74, 6) is 0.750. The Hall–Kier alpha value is -2.62. The van der Waals surface area contributed by atoms with Crippen LogP contribution in [0.15, 0.2) is 53.4 Å². The highest BCUT2D eigenvalue weighted by atomic mass is 32.2. The maximum Gasteiger partial charge on any atom is 0.260 e. The molecular formula is C22H28N2O6S. The molecule has 31 heavy (non-hydrogen) atoms. The fourth-order valence-corrected chi connectivity index (χ4v) is 5.65. The highest BCUT2D eigenvalue weighted by Gasteiger charge is 2.39. The largest absolute Gasteiger partial charge is 0.497 e. The van der Waals surface area contributed by atoms with Gasteiger partial charge in [0.25, 0.3) is 5.91 Å². The zero-order valence-electron chi connectivity index (χ0n) is 17.7. The Morgan fingerprint density at radius 1 is 1.06 bits per heavy atom. The van der Waals surface area contributed by atoms with Gasteiger partial charge in [-0.1, -0.05) is 12.1 Å². The van der Waals surface area contributed by atoms with Crippen molar-refractivity contribution in [2.24, 2.45) is 0 Å². The predicted octanol–water partition coefficient (Wildman–Crippen LogP) is 2.06. The fraction of sp³-hybridized carbons (Fsp3) is 0.409. The molecule has 1 saturated heterocycles. The number of piperidine rings is 1. The Labute approximate surface area is 182 Å². The van der Waals surface area contributed by atoms with Crippen molar-refractivity contribution in [3.05, 3.63) is 54.1 Å².